The number of hydrogen-bond acceptors (Lipinski definition) is 4. The van der Waals surface area contributed by atoms with Gasteiger partial charge in [-0.25, -0.2) is 0 Å². The van der Waals surface area contributed by atoms with Crippen LogP contribution in [0.25, 0.3) is 0 Å². The Hall–Kier alpha value is -0.260. The van der Waals surface area contributed by atoms with Crippen molar-refractivity contribution in [1.29, 1.82) is 0 Å². The van der Waals surface area contributed by atoms with E-state index in [2.05, 4.69) is 5.32 Å². The zero-order valence-electron chi connectivity index (χ0n) is 8.12. The molecule has 0 bridgehead atoms. The highest BCUT2D eigenvalue weighted by Gasteiger charge is 2.39. The van der Waals surface area contributed by atoms with Gasteiger partial charge in [0.2, 0.25) is 5.91 Å². The molecule has 2 aliphatic heterocycles. The Morgan fingerprint density at radius 3 is 3.07 bits per heavy atom. The summed E-state index contributed by atoms with van der Waals surface area (Å²) in [5.41, 5.74) is 5.17. The van der Waals surface area contributed by atoms with E-state index in [-0.39, 0.29) is 5.91 Å². The number of carbonyl (C=O) groups excluding carboxylic acids is 1. The van der Waals surface area contributed by atoms with E-state index in [0.717, 1.165) is 17.9 Å². The van der Waals surface area contributed by atoms with E-state index in [1.54, 1.807) is 0 Å². The fourth-order valence-corrected chi connectivity index (χ4v) is 2.89. The molecule has 4 nitrogen and oxygen atoms in total. The molecule has 2 fully saturated rings. The zero-order chi connectivity index (χ0) is 10.0. The van der Waals surface area contributed by atoms with Crippen LogP contribution in [0.3, 0.4) is 0 Å². The van der Waals surface area contributed by atoms with Crippen LogP contribution in [0, 0.1) is 0 Å². The summed E-state index contributed by atoms with van der Waals surface area (Å²) >= 11 is 1.88. The summed E-state index contributed by atoms with van der Waals surface area (Å²) in [7, 11) is 0. The Balaban J connectivity index is 1.87. The lowest BCUT2D eigenvalue weighted by molar-refractivity contribution is -0.126. The van der Waals surface area contributed by atoms with Gasteiger partial charge in [0.1, 0.15) is 5.54 Å². The summed E-state index contributed by atoms with van der Waals surface area (Å²) in [4.78, 5) is 11.8. The third-order valence-electron chi connectivity index (χ3n) is 2.77. The van der Waals surface area contributed by atoms with E-state index in [1.165, 1.54) is 0 Å². The summed E-state index contributed by atoms with van der Waals surface area (Å²) in [6.07, 6.45) is 1.70. The Labute approximate surface area is 87.9 Å². The number of nitrogens with one attached hydrogen (secondary N) is 1. The van der Waals surface area contributed by atoms with Gasteiger partial charge in [-0.15, -0.1) is 0 Å². The number of carbonyl (C=O) groups is 1. The molecule has 2 heterocycles. The van der Waals surface area contributed by atoms with Gasteiger partial charge in [0.05, 0.1) is 6.61 Å². The van der Waals surface area contributed by atoms with Crippen molar-refractivity contribution in [3.63, 3.8) is 0 Å². The number of rotatable bonds is 2. The lowest BCUT2D eigenvalue weighted by Gasteiger charge is -2.23. The van der Waals surface area contributed by atoms with Gasteiger partial charge >= 0.3 is 0 Å². The van der Waals surface area contributed by atoms with Crippen molar-refractivity contribution in [3.05, 3.63) is 0 Å². The fraction of sp³-hybridized carbons (Fsp3) is 0.889. The molecule has 2 rings (SSSR count). The van der Waals surface area contributed by atoms with Gasteiger partial charge in [-0.2, -0.15) is 11.8 Å². The Kier molecular flexibility index (Phi) is 2.99. The lowest BCUT2D eigenvalue weighted by Crippen LogP contribution is -2.56. The van der Waals surface area contributed by atoms with Crippen LogP contribution in [0.5, 0.6) is 0 Å². The molecule has 3 N–H and O–H groups in total. The Morgan fingerprint density at radius 2 is 2.50 bits per heavy atom. The normalized spacial score (nSPS) is 37.4. The largest absolute Gasteiger partial charge is 0.379 e. The van der Waals surface area contributed by atoms with Gasteiger partial charge < -0.3 is 15.8 Å². The third-order valence-corrected chi connectivity index (χ3v) is 3.93. The van der Waals surface area contributed by atoms with Crippen molar-refractivity contribution in [2.45, 2.75) is 24.4 Å². The summed E-state index contributed by atoms with van der Waals surface area (Å²) in [6.45, 7) is 0.960. The second-order valence-corrected chi connectivity index (χ2v) is 5.14. The van der Waals surface area contributed by atoms with Crippen LogP contribution in [-0.2, 0) is 9.53 Å². The molecule has 80 valence electrons. The van der Waals surface area contributed by atoms with Crippen LogP contribution in [0.15, 0.2) is 0 Å². The zero-order valence-corrected chi connectivity index (χ0v) is 8.94. The highest BCUT2D eigenvalue weighted by Crippen LogP contribution is 2.20. The van der Waals surface area contributed by atoms with Crippen LogP contribution in [0.4, 0.5) is 0 Å². The highest BCUT2D eigenvalue weighted by atomic mass is 32.2. The standard InChI is InChI=1S/C9H16N2O2S/c10-9(2-3-13-6-9)8(12)11-7-1-4-14-5-7/h7H,1-6,10H2,(H,11,12). The molecular formula is C9H16N2O2S. The maximum absolute atomic E-state index is 11.8. The number of ether oxygens (including phenoxy) is 1. The maximum Gasteiger partial charge on any atom is 0.242 e. The van der Waals surface area contributed by atoms with Gasteiger partial charge in [-0.1, -0.05) is 0 Å². The van der Waals surface area contributed by atoms with E-state index in [0.29, 0.717) is 25.7 Å². The first kappa shape index (κ1) is 10.3. The van der Waals surface area contributed by atoms with Crippen LogP contribution in [0.1, 0.15) is 12.8 Å². The smallest absolute Gasteiger partial charge is 0.242 e. The molecule has 0 spiro atoms. The second-order valence-electron chi connectivity index (χ2n) is 3.99. The quantitative estimate of drug-likeness (QED) is 0.667. The number of thioether (sulfide) groups is 1. The van der Waals surface area contributed by atoms with E-state index in [1.807, 2.05) is 11.8 Å². The second kappa shape index (κ2) is 4.08. The average Bonchev–Trinajstić information content (AvgIpc) is 2.76. The molecule has 0 aromatic carbocycles. The molecule has 5 heteroatoms. The molecule has 0 aromatic rings. The monoisotopic (exact) mass is 216 g/mol. The first-order valence-electron chi connectivity index (χ1n) is 4.96. The summed E-state index contributed by atoms with van der Waals surface area (Å²) in [5.74, 6) is 2.12. The van der Waals surface area contributed by atoms with Crippen molar-refractivity contribution < 1.29 is 9.53 Å². The van der Waals surface area contributed by atoms with E-state index < -0.39 is 5.54 Å². The Morgan fingerprint density at radius 1 is 1.64 bits per heavy atom. The van der Waals surface area contributed by atoms with Crippen molar-refractivity contribution in [2.24, 2.45) is 5.73 Å². The summed E-state index contributed by atoms with van der Waals surface area (Å²) < 4.78 is 5.15. The predicted molar refractivity (Wildman–Crippen MR) is 56.2 cm³/mol. The molecule has 0 saturated carbocycles. The molecular weight excluding hydrogens is 200 g/mol. The first-order valence-corrected chi connectivity index (χ1v) is 6.11. The van der Waals surface area contributed by atoms with Gasteiger partial charge in [0.15, 0.2) is 0 Å². The van der Waals surface area contributed by atoms with Crippen molar-refractivity contribution >= 4 is 17.7 Å². The van der Waals surface area contributed by atoms with Crippen LogP contribution in [0.2, 0.25) is 0 Å². The van der Waals surface area contributed by atoms with E-state index >= 15 is 0 Å². The van der Waals surface area contributed by atoms with Gasteiger partial charge in [0, 0.05) is 18.4 Å². The van der Waals surface area contributed by atoms with Crippen LogP contribution < -0.4 is 11.1 Å². The minimum Gasteiger partial charge on any atom is -0.379 e. The van der Waals surface area contributed by atoms with Crippen LogP contribution >= 0.6 is 11.8 Å². The topological polar surface area (TPSA) is 64.4 Å². The van der Waals surface area contributed by atoms with Crippen molar-refractivity contribution in [2.75, 3.05) is 24.7 Å². The molecule has 0 aliphatic carbocycles. The number of hydrogen-bond donors (Lipinski definition) is 2. The van der Waals surface area contributed by atoms with Gasteiger partial charge in [-0.05, 0) is 18.6 Å². The molecule has 14 heavy (non-hydrogen) atoms. The SMILES string of the molecule is NC1(C(=O)NC2CCSC2)CCOC1. The molecule has 2 saturated heterocycles. The minimum absolute atomic E-state index is 0.0394. The van der Waals surface area contributed by atoms with Gasteiger partial charge in [-0.3, -0.25) is 4.79 Å². The number of amides is 1. The van der Waals surface area contributed by atoms with Crippen LogP contribution in [-0.4, -0.2) is 42.2 Å². The van der Waals surface area contributed by atoms with Crippen molar-refractivity contribution in [3.8, 4) is 0 Å². The molecule has 0 aromatic heterocycles. The average molecular weight is 216 g/mol. The summed E-state index contributed by atoms with van der Waals surface area (Å²) in [5, 5.41) is 3.00. The van der Waals surface area contributed by atoms with E-state index in [9.17, 15) is 4.79 Å². The fourth-order valence-electron chi connectivity index (χ4n) is 1.74. The molecule has 0 radical (unpaired) electrons. The Bertz CT molecular complexity index is 223. The van der Waals surface area contributed by atoms with E-state index in [4.69, 9.17) is 10.5 Å². The van der Waals surface area contributed by atoms with Crippen molar-refractivity contribution in [1.82, 2.24) is 5.32 Å². The molecule has 2 unspecified atom stereocenters. The third kappa shape index (κ3) is 2.04. The lowest BCUT2D eigenvalue weighted by atomic mass is 9.99. The minimum atomic E-state index is -0.771. The number of nitrogens with two attached hydrogens (primary N) is 1. The van der Waals surface area contributed by atoms with Gasteiger partial charge in [0.25, 0.3) is 0 Å². The molecule has 1 amide bonds. The maximum atomic E-state index is 11.8. The highest BCUT2D eigenvalue weighted by molar-refractivity contribution is 7.99. The molecule has 2 aliphatic rings. The summed E-state index contributed by atoms with van der Waals surface area (Å²) in [6, 6.07) is 0.313. The first-order chi connectivity index (χ1) is 6.71. The molecule has 2 atom stereocenters. The predicted octanol–water partition coefficient (Wildman–Crippen LogP) is -0.274.